The summed E-state index contributed by atoms with van der Waals surface area (Å²) in [6.45, 7) is 1.29. The number of fused-ring (bicyclic) bond motifs is 1. The second kappa shape index (κ2) is 8.06. The second-order valence-electron chi connectivity index (χ2n) is 7.64. The first kappa shape index (κ1) is 18.5. The summed E-state index contributed by atoms with van der Waals surface area (Å²) < 4.78 is 7.53. The molecule has 1 amide bonds. The van der Waals surface area contributed by atoms with Crippen molar-refractivity contribution in [2.45, 2.75) is 31.2 Å². The minimum atomic E-state index is -0.482. The maximum atomic E-state index is 13.5. The van der Waals surface area contributed by atoms with Gasteiger partial charge in [0.1, 0.15) is 17.9 Å². The first-order valence-corrected chi connectivity index (χ1v) is 10.2. The number of piperidine rings is 1. The van der Waals surface area contributed by atoms with Crippen molar-refractivity contribution in [3.63, 3.8) is 0 Å². The molecule has 2 aromatic heterocycles. The Bertz CT molecular complexity index is 1090. The number of oxazole rings is 1. The van der Waals surface area contributed by atoms with Crippen molar-refractivity contribution in [3.8, 4) is 0 Å². The van der Waals surface area contributed by atoms with E-state index >= 15 is 0 Å². The number of amides is 1. The maximum absolute atomic E-state index is 13.5. The number of hydrogen-bond donors (Lipinski definition) is 0. The molecule has 0 spiro atoms. The van der Waals surface area contributed by atoms with Crippen molar-refractivity contribution in [1.82, 2.24) is 30.1 Å². The van der Waals surface area contributed by atoms with Crippen LogP contribution in [0.25, 0.3) is 11.1 Å². The Kier molecular flexibility index (Phi) is 4.96. The fourth-order valence-electron chi connectivity index (χ4n) is 4.10. The topological polar surface area (TPSA) is 89.9 Å². The molecular weight excluding hydrogens is 380 g/mol. The average molecular weight is 402 g/mol. The lowest BCUT2D eigenvalue weighted by atomic mass is 9.96. The molecule has 0 bridgehead atoms. The van der Waals surface area contributed by atoms with Crippen LogP contribution in [0.1, 0.15) is 36.3 Å². The molecule has 5 rings (SSSR count). The zero-order valence-corrected chi connectivity index (χ0v) is 16.5. The average Bonchev–Trinajstić information content (AvgIpc) is 3.48. The smallest absolute Gasteiger partial charge is 0.247 e. The van der Waals surface area contributed by atoms with Gasteiger partial charge in [-0.1, -0.05) is 42.5 Å². The fraction of sp³-hybridized carbons (Fsp3) is 0.318. The molecule has 0 aliphatic carbocycles. The van der Waals surface area contributed by atoms with Gasteiger partial charge < -0.3 is 9.32 Å². The van der Waals surface area contributed by atoms with Gasteiger partial charge in [0, 0.05) is 19.5 Å². The van der Waals surface area contributed by atoms with Crippen LogP contribution in [0.5, 0.6) is 0 Å². The van der Waals surface area contributed by atoms with Crippen molar-refractivity contribution in [3.05, 3.63) is 72.4 Å². The van der Waals surface area contributed by atoms with Gasteiger partial charge >= 0.3 is 0 Å². The number of rotatable bonds is 5. The summed E-state index contributed by atoms with van der Waals surface area (Å²) in [7, 11) is 0. The summed E-state index contributed by atoms with van der Waals surface area (Å²) in [5, 5.41) is 11.5. The molecule has 0 N–H and O–H groups in total. The Hall–Kier alpha value is -3.55. The third-order valence-corrected chi connectivity index (χ3v) is 5.63. The van der Waals surface area contributed by atoms with Crippen LogP contribution in [0.2, 0.25) is 0 Å². The lowest BCUT2D eigenvalue weighted by molar-refractivity contribution is -0.136. The first-order chi connectivity index (χ1) is 14.8. The molecule has 0 radical (unpaired) electrons. The number of nitrogens with zero attached hydrogens (tertiary/aromatic N) is 6. The van der Waals surface area contributed by atoms with E-state index in [9.17, 15) is 4.79 Å². The largest absolute Gasteiger partial charge is 0.440 e. The summed E-state index contributed by atoms with van der Waals surface area (Å²) in [6, 6.07) is 17.2. The first-order valence-electron chi connectivity index (χ1n) is 10.2. The minimum Gasteiger partial charge on any atom is -0.440 e. The second-order valence-corrected chi connectivity index (χ2v) is 7.64. The minimum absolute atomic E-state index is 0.0203. The van der Waals surface area contributed by atoms with E-state index in [0.29, 0.717) is 25.4 Å². The standard InChI is InChI=1S/C22H22N6O2/c29-22(19(28-15-23-25-26-28)13-16-7-2-1-3-8-16)27-12-6-9-17(14-27)21-24-18-10-4-5-11-20(18)30-21/h1-5,7-8,10-11,15,17,19H,6,9,12-14H2/t17-,19+/m1/s1. The predicted octanol–water partition coefficient (Wildman–Crippen LogP) is 3.00. The Balaban J connectivity index is 1.37. The molecule has 8 heteroatoms. The van der Waals surface area contributed by atoms with E-state index in [1.54, 1.807) is 4.68 Å². The molecule has 30 heavy (non-hydrogen) atoms. The quantitative estimate of drug-likeness (QED) is 0.510. The lowest BCUT2D eigenvalue weighted by Gasteiger charge is -2.33. The predicted molar refractivity (Wildman–Crippen MR) is 110 cm³/mol. The third kappa shape index (κ3) is 3.68. The van der Waals surface area contributed by atoms with Crippen LogP contribution in [-0.4, -0.2) is 49.1 Å². The van der Waals surface area contributed by atoms with Gasteiger partial charge in [0.2, 0.25) is 5.91 Å². The molecule has 0 unspecified atom stereocenters. The highest BCUT2D eigenvalue weighted by Crippen LogP contribution is 2.30. The monoisotopic (exact) mass is 402 g/mol. The molecule has 4 aromatic rings. The zero-order valence-electron chi connectivity index (χ0n) is 16.5. The molecule has 152 valence electrons. The van der Waals surface area contributed by atoms with Gasteiger partial charge in [0.05, 0.1) is 5.92 Å². The van der Waals surface area contributed by atoms with Crippen LogP contribution >= 0.6 is 0 Å². The molecule has 1 aliphatic rings. The van der Waals surface area contributed by atoms with E-state index < -0.39 is 6.04 Å². The SMILES string of the molecule is O=C([C@H](Cc1ccccc1)n1cnnn1)N1CCC[C@@H](c2nc3ccccc3o2)C1. The van der Waals surface area contributed by atoms with Gasteiger partial charge in [0.15, 0.2) is 11.5 Å². The van der Waals surface area contributed by atoms with Crippen molar-refractivity contribution in [1.29, 1.82) is 0 Å². The van der Waals surface area contributed by atoms with E-state index in [-0.39, 0.29) is 11.8 Å². The molecule has 2 aromatic carbocycles. The molecule has 1 aliphatic heterocycles. The van der Waals surface area contributed by atoms with Crippen molar-refractivity contribution >= 4 is 17.0 Å². The van der Waals surface area contributed by atoms with Crippen molar-refractivity contribution < 1.29 is 9.21 Å². The number of carbonyl (C=O) groups is 1. The van der Waals surface area contributed by atoms with Gasteiger partial charge in [0.25, 0.3) is 0 Å². The van der Waals surface area contributed by atoms with Crippen molar-refractivity contribution in [2.75, 3.05) is 13.1 Å². The molecule has 0 saturated carbocycles. The highest BCUT2D eigenvalue weighted by atomic mass is 16.3. The Morgan fingerprint density at radius 3 is 2.77 bits per heavy atom. The van der Waals surface area contributed by atoms with Crippen LogP contribution in [0, 0.1) is 0 Å². The number of hydrogen-bond acceptors (Lipinski definition) is 6. The molecule has 3 heterocycles. The maximum Gasteiger partial charge on any atom is 0.247 e. The van der Waals surface area contributed by atoms with Crippen LogP contribution in [-0.2, 0) is 11.2 Å². The Morgan fingerprint density at radius 2 is 1.97 bits per heavy atom. The number of carbonyl (C=O) groups excluding carboxylic acids is 1. The summed E-state index contributed by atoms with van der Waals surface area (Å²) in [5.74, 6) is 0.809. The van der Waals surface area contributed by atoms with Crippen molar-refractivity contribution in [2.24, 2.45) is 0 Å². The van der Waals surface area contributed by atoms with E-state index in [1.807, 2.05) is 59.5 Å². The number of likely N-dealkylation sites (tertiary alicyclic amines) is 1. The van der Waals surface area contributed by atoms with E-state index in [2.05, 4.69) is 20.5 Å². The van der Waals surface area contributed by atoms with Gasteiger partial charge in [-0.3, -0.25) is 4.79 Å². The number of para-hydroxylation sites is 2. The third-order valence-electron chi connectivity index (χ3n) is 5.63. The van der Waals surface area contributed by atoms with E-state index in [4.69, 9.17) is 4.42 Å². The Labute approximate surface area is 173 Å². The summed E-state index contributed by atoms with van der Waals surface area (Å²) in [6.07, 6.45) is 3.90. The van der Waals surface area contributed by atoms with Gasteiger partial charge in [-0.05, 0) is 41.0 Å². The molecule has 2 atom stereocenters. The van der Waals surface area contributed by atoms with Crippen LogP contribution in [0.15, 0.2) is 65.3 Å². The van der Waals surface area contributed by atoms with E-state index in [1.165, 1.54) is 6.33 Å². The molecule has 1 saturated heterocycles. The van der Waals surface area contributed by atoms with Crippen LogP contribution in [0.3, 0.4) is 0 Å². The van der Waals surface area contributed by atoms with Gasteiger partial charge in [-0.25, -0.2) is 9.67 Å². The molecule has 1 fully saturated rings. The van der Waals surface area contributed by atoms with E-state index in [0.717, 1.165) is 29.5 Å². The number of benzene rings is 2. The summed E-state index contributed by atoms with van der Waals surface area (Å²) in [4.78, 5) is 20.1. The number of aromatic nitrogens is 5. The highest BCUT2D eigenvalue weighted by Gasteiger charge is 2.33. The van der Waals surface area contributed by atoms with Gasteiger partial charge in [-0.2, -0.15) is 0 Å². The highest BCUT2D eigenvalue weighted by molar-refractivity contribution is 5.81. The fourth-order valence-corrected chi connectivity index (χ4v) is 4.10. The lowest BCUT2D eigenvalue weighted by Crippen LogP contribution is -2.43. The van der Waals surface area contributed by atoms with Crippen LogP contribution in [0.4, 0.5) is 0 Å². The Morgan fingerprint density at radius 1 is 1.13 bits per heavy atom. The normalized spacial score (nSPS) is 17.9. The zero-order chi connectivity index (χ0) is 20.3. The summed E-state index contributed by atoms with van der Waals surface area (Å²) >= 11 is 0. The van der Waals surface area contributed by atoms with Gasteiger partial charge in [-0.15, -0.1) is 5.10 Å². The summed E-state index contributed by atoms with van der Waals surface area (Å²) in [5.41, 5.74) is 2.71. The number of tetrazole rings is 1. The molecule has 8 nitrogen and oxygen atoms in total. The molecular formula is C22H22N6O2. The van der Waals surface area contributed by atoms with Crippen LogP contribution < -0.4 is 0 Å².